The number of piperidine rings is 1. The second-order valence-corrected chi connectivity index (χ2v) is 5.43. The van der Waals surface area contributed by atoms with E-state index in [1.54, 1.807) is 0 Å². The van der Waals surface area contributed by atoms with Crippen molar-refractivity contribution in [2.24, 2.45) is 13.0 Å². The van der Waals surface area contributed by atoms with E-state index in [1.165, 1.54) is 19.4 Å². The van der Waals surface area contributed by atoms with Crippen molar-refractivity contribution < 1.29 is 0 Å². The van der Waals surface area contributed by atoms with Gasteiger partial charge in [-0.2, -0.15) is 0 Å². The van der Waals surface area contributed by atoms with E-state index in [1.807, 2.05) is 12.4 Å². The molecule has 17 heavy (non-hydrogen) atoms. The van der Waals surface area contributed by atoms with Crippen molar-refractivity contribution in [3.05, 3.63) is 18.2 Å². The van der Waals surface area contributed by atoms with E-state index in [0.29, 0.717) is 6.04 Å². The van der Waals surface area contributed by atoms with Gasteiger partial charge in [0.2, 0.25) is 0 Å². The first-order valence-corrected chi connectivity index (χ1v) is 6.53. The van der Waals surface area contributed by atoms with Crippen LogP contribution in [0.3, 0.4) is 0 Å². The van der Waals surface area contributed by atoms with Crippen LogP contribution in [0.15, 0.2) is 12.4 Å². The summed E-state index contributed by atoms with van der Waals surface area (Å²) in [6.07, 6.45) is 6.48. The maximum absolute atomic E-state index is 4.36. The molecule has 4 nitrogen and oxygen atoms in total. The highest BCUT2D eigenvalue weighted by molar-refractivity contribution is 4.91. The molecule has 4 heteroatoms. The van der Waals surface area contributed by atoms with Crippen LogP contribution < -0.4 is 5.32 Å². The number of nitrogens with one attached hydrogen (secondary N) is 1. The number of hydrogen-bond acceptors (Lipinski definition) is 3. The fourth-order valence-electron chi connectivity index (χ4n) is 2.59. The highest BCUT2D eigenvalue weighted by Gasteiger charge is 2.19. The van der Waals surface area contributed by atoms with Gasteiger partial charge in [0, 0.05) is 32.0 Å². The van der Waals surface area contributed by atoms with Crippen molar-refractivity contribution in [2.45, 2.75) is 32.4 Å². The second-order valence-electron chi connectivity index (χ2n) is 5.43. The van der Waals surface area contributed by atoms with Gasteiger partial charge in [-0.25, -0.2) is 4.98 Å². The lowest BCUT2D eigenvalue weighted by molar-refractivity contribution is 0.226. The smallest absolute Gasteiger partial charge is 0.122 e. The number of aromatic nitrogens is 2. The molecule has 0 amide bonds. The Morgan fingerprint density at radius 2 is 2.41 bits per heavy atom. The summed E-state index contributed by atoms with van der Waals surface area (Å²) in [7, 11) is 4.23. The summed E-state index contributed by atoms with van der Waals surface area (Å²) in [6.45, 7) is 5.56. The van der Waals surface area contributed by atoms with Crippen molar-refractivity contribution in [3.63, 3.8) is 0 Å². The number of nitrogens with zero attached hydrogens (tertiary/aromatic N) is 3. The van der Waals surface area contributed by atoms with Crippen molar-refractivity contribution >= 4 is 0 Å². The van der Waals surface area contributed by atoms with Gasteiger partial charge in [-0.1, -0.05) is 6.92 Å². The fraction of sp³-hybridized carbons (Fsp3) is 0.769. The van der Waals surface area contributed by atoms with E-state index in [9.17, 15) is 0 Å². The van der Waals surface area contributed by atoms with Gasteiger partial charge in [0.15, 0.2) is 0 Å². The minimum absolute atomic E-state index is 0.643. The Labute approximate surface area is 104 Å². The van der Waals surface area contributed by atoms with E-state index in [-0.39, 0.29) is 0 Å². The van der Waals surface area contributed by atoms with Crippen LogP contribution in [0, 0.1) is 5.92 Å². The molecule has 1 aromatic rings. The molecule has 0 aromatic carbocycles. The molecule has 0 radical (unpaired) electrons. The molecule has 0 bridgehead atoms. The Kier molecular flexibility index (Phi) is 4.18. The summed E-state index contributed by atoms with van der Waals surface area (Å²) < 4.78 is 2.09. The SMILES string of the molecule is CC1CCNC(CN(C)Cc2nccn2C)C1. The molecule has 1 saturated heterocycles. The van der Waals surface area contributed by atoms with Gasteiger partial charge in [0.25, 0.3) is 0 Å². The molecule has 2 heterocycles. The standard InChI is InChI=1S/C13H24N4/c1-11-4-5-14-12(8-11)9-16(2)10-13-15-6-7-17(13)3/h6-7,11-12,14H,4-5,8-10H2,1-3H3. The zero-order chi connectivity index (χ0) is 12.3. The Bertz CT molecular complexity index is 347. The molecule has 1 aliphatic rings. The fourth-order valence-corrected chi connectivity index (χ4v) is 2.59. The van der Waals surface area contributed by atoms with Crippen LogP contribution >= 0.6 is 0 Å². The molecular formula is C13H24N4. The third-order valence-electron chi connectivity index (χ3n) is 3.62. The largest absolute Gasteiger partial charge is 0.337 e. The molecule has 1 N–H and O–H groups in total. The third-order valence-corrected chi connectivity index (χ3v) is 3.62. The van der Waals surface area contributed by atoms with Gasteiger partial charge < -0.3 is 9.88 Å². The molecule has 1 aliphatic heterocycles. The lowest BCUT2D eigenvalue weighted by atomic mass is 9.94. The number of hydrogen-bond donors (Lipinski definition) is 1. The minimum atomic E-state index is 0.643. The number of rotatable bonds is 4. The molecule has 2 rings (SSSR count). The zero-order valence-corrected chi connectivity index (χ0v) is 11.2. The van der Waals surface area contributed by atoms with Gasteiger partial charge in [0.1, 0.15) is 5.82 Å². The Balaban J connectivity index is 1.80. The predicted octanol–water partition coefficient (Wildman–Crippen LogP) is 1.24. The van der Waals surface area contributed by atoms with Gasteiger partial charge in [-0.05, 0) is 32.4 Å². The number of likely N-dealkylation sites (N-methyl/N-ethyl adjacent to an activating group) is 1. The van der Waals surface area contributed by atoms with Gasteiger partial charge in [-0.3, -0.25) is 4.90 Å². The molecule has 96 valence electrons. The van der Waals surface area contributed by atoms with E-state index in [0.717, 1.165) is 24.8 Å². The van der Waals surface area contributed by atoms with Crippen LogP contribution in [0.4, 0.5) is 0 Å². The monoisotopic (exact) mass is 236 g/mol. The van der Waals surface area contributed by atoms with Crippen LogP contribution in [-0.2, 0) is 13.6 Å². The average molecular weight is 236 g/mol. The van der Waals surface area contributed by atoms with Crippen LogP contribution in [0.1, 0.15) is 25.6 Å². The Morgan fingerprint density at radius 3 is 3.06 bits per heavy atom. The summed E-state index contributed by atoms with van der Waals surface area (Å²) in [4.78, 5) is 6.72. The maximum Gasteiger partial charge on any atom is 0.122 e. The molecule has 0 saturated carbocycles. The summed E-state index contributed by atoms with van der Waals surface area (Å²) in [5, 5.41) is 3.61. The van der Waals surface area contributed by atoms with Gasteiger partial charge in [-0.15, -0.1) is 0 Å². The molecule has 0 spiro atoms. The van der Waals surface area contributed by atoms with Crippen LogP contribution in [-0.4, -0.2) is 40.6 Å². The first-order chi connectivity index (χ1) is 8.15. The van der Waals surface area contributed by atoms with E-state index >= 15 is 0 Å². The first-order valence-electron chi connectivity index (χ1n) is 6.53. The van der Waals surface area contributed by atoms with Crippen molar-refractivity contribution in [3.8, 4) is 0 Å². The molecule has 1 aromatic heterocycles. The van der Waals surface area contributed by atoms with E-state index < -0.39 is 0 Å². The van der Waals surface area contributed by atoms with Crippen molar-refractivity contribution in [1.29, 1.82) is 0 Å². The normalized spacial score (nSPS) is 25.4. The lowest BCUT2D eigenvalue weighted by Gasteiger charge is -2.31. The summed E-state index contributed by atoms with van der Waals surface area (Å²) in [6, 6.07) is 0.643. The third kappa shape index (κ3) is 3.54. The number of aryl methyl sites for hydroxylation is 1. The highest BCUT2D eigenvalue weighted by atomic mass is 15.2. The summed E-state index contributed by atoms with van der Waals surface area (Å²) >= 11 is 0. The lowest BCUT2D eigenvalue weighted by Crippen LogP contribution is -2.44. The summed E-state index contributed by atoms with van der Waals surface area (Å²) in [5.41, 5.74) is 0. The van der Waals surface area contributed by atoms with Crippen LogP contribution in [0.5, 0.6) is 0 Å². The first kappa shape index (κ1) is 12.6. The van der Waals surface area contributed by atoms with Gasteiger partial charge in [0.05, 0.1) is 6.54 Å². The Hall–Kier alpha value is -0.870. The van der Waals surface area contributed by atoms with Gasteiger partial charge >= 0.3 is 0 Å². The molecule has 1 fully saturated rings. The quantitative estimate of drug-likeness (QED) is 0.854. The Morgan fingerprint density at radius 1 is 1.59 bits per heavy atom. The highest BCUT2D eigenvalue weighted by Crippen LogP contribution is 2.15. The van der Waals surface area contributed by atoms with E-state index in [2.05, 4.69) is 40.8 Å². The van der Waals surface area contributed by atoms with Crippen molar-refractivity contribution in [2.75, 3.05) is 20.1 Å². The number of imidazole rings is 1. The minimum Gasteiger partial charge on any atom is -0.337 e. The predicted molar refractivity (Wildman–Crippen MR) is 69.7 cm³/mol. The molecular weight excluding hydrogens is 212 g/mol. The maximum atomic E-state index is 4.36. The molecule has 0 aliphatic carbocycles. The second kappa shape index (κ2) is 5.65. The molecule has 2 unspecified atom stereocenters. The van der Waals surface area contributed by atoms with Crippen molar-refractivity contribution in [1.82, 2.24) is 19.8 Å². The summed E-state index contributed by atoms with van der Waals surface area (Å²) in [5.74, 6) is 2.00. The van der Waals surface area contributed by atoms with Crippen LogP contribution in [0.2, 0.25) is 0 Å². The average Bonchev–Trinajstić information content (AvgIpc) is 2.64. The molecule has 2 atom stereocenters. The van der Waals surface area contributed by atoms with E-state index in [4.69, 9.17) is 0 Å². The topological polar surface area (TPSA) is 33.1 Å². The van der Waals surface area contributed by atoms with Crippen LogP contribution in [0.25, 0.3) is 0 Å². The zero-order valence-electron chi connectivity index (χ0n) is 11.2.